The number of nitrogens with zero attached hydrogens (tertiary/aromatic N) is 3. The molecule has 0 spiro atoms. The van der Waals surface area contributed by atoms with Crippen molar-refractivity contribution in [1.29, 1.82) is 0 Å². The molecule has 0 saturated heterocycles. The number of hydrogen-bond donors (Lipinski definition) is 1. The van der Waals surface area contributed by atoms with Crippen molar-refractivity contribution < 1.29 is 14.1 Å². The molecular weight excluding hydrogens is 368 g/mol. The molecule has 1 saturated carbocycles. The third-order valence-electron chi connectivity index (χ3n) is 5.75. The maximum Gasteiger partial charge on any atom is 0.253 e. The number of carbonyl (C=O) groups excluding carboxylic acids is 1. The molecule has 1 amide bonds. The van der Waals surface area contributed by atoms with Gasteiger partial charge in [-0.25, -0.2) is 0 Å². The summed E-state index contributed by atoms with van der Waals surface area (Å²) >= 11 is 0. The summed E-state index contributed by atoms with van der Waals surface area (Å²) in [6.07, 6.45) is 3.67. The molecule has 1 fully saturated rings. The number of nitrogens with one attached hydrogen (secondary N) is 1. The lowest BCUT2D eigenvalue weighted by atomic mass is 9.96. The third-order valence-corrected chi connectivity index (χ3v) is 5.75. The number of rotatable bonds is 5. The smallest absolute Gasteiger partial charge is 0.253 e. The fourth-order valence-corrected chi connectivity index (χ4v) is 4.30. The Morgan fingerprint density at radius 2 is 1.97 bits per heavy atom. The van der Waals surface area contributed by atoms with Crippen LogP contribution in [0.15, 0.2) is 34.9 Å². The number of hydrogen-bond acceptors (Lipinski definition) is 5. The van der Waals surface area contributed by atoms with E-state index in [-0.39, 0.29) is 5.91 Å². The second-order valence-corrected chi connectivity index (χ2v) is 7.70. The summed E-state index contributed by atoms with van der Waals surface area (Å²) in [5.41, 5.74) is 2.91. The molecule has 4 rings (SSSR count). The highest BCUT2D eigenvalue weighted by atomic mass is 16.5. The Hall–Kier alpha value is -3.09. The average molecular weight is 394 g/mol. The Labute approximate surface area is 170 Å². The number of carbonyl (C=O) groups is 1. The average Bonchev–Trinajstić information content (AvgIpc) is 3.42. The van der Waals surface area contributed by atoms with Crippen molar-refractivity contribution in [1.82, 2.24) is 20.0 Å². The van der Waals surface area contributed by atoms with Gasteiger partial charge in [-0.05, 0) is 44.9 Å². The fourth-order valence-electron chi connectivity index (χ4n) is 4.30. The van der Waals surface area contributed by atoms with Crippen LogP contribution in [-0.4, -0.2) is 27.7 Å². The van der Waals surface area contributed by atoms with Crippen molar-refractivity contribution in [3.05, 3.63) is 59.0 Å². The van der Waals surface area contributed by atoms with E-state index in [2.05, 4.69) is 20.0 Å². The lowest BCUT2D eigenvalue weighted by molar-refractivity contribution is 0.0891. The van der Waals surface area contributed by atoms with Crippen LogP contribution in [0.2, 0.25) is 0 Å². The van der Waals surface area contributed by atoms with Crippen molar-refractivity contribution in [2.75, 3.05) is 7.11 Å². The zero-order valence-corrected chi connectivity index (χ0v) is 17.3. The first kappa shape index (κ1) is 19.2. The lowest BCUT2D eigenvalue weighted by Gasteiger charge is -2.26. The number of aromatic nitrogens is 3. The van der Waals surface area contributed by atoms with E-state index in [1.54, 1.807) is 14.0 Å². The Morgan fingerprint density at radius 1 is 1.21 bits per heavy atom. The molecular formula is C22H26N4O3. The molecule has 3 aromatic rings. The van der Waals surface area contributed by atoms with Gasteiger partial charge < -0.3 is 19.1 Å². The van der Waals surface area contributed by atoms with E-state index >= 15 is 0 Å². The van der Waals surface area contributed by atoms with Crippen LogP contribution in [0, 0.1) is 20.8 Å². The topological polar surface area (TPSA) is 82.2 Å². The van der Waals surface area contributed by atoms with Gasteiger partial charge in [0.1, 0.15) is 11.3 Å². The normalized spacial score (nSPS) is 15.4. The van der Waals surface area contributed by atoms with Gasteiger partial charge in [-0.3, -0.25) is 4.79 Å². The van der Waals surface area contributed by atoms with Gasteiger partial charge in [-0.2, -0.15) is 4.98 Å². The minimum absolute atomic E-state index is 0.114. The SMILES string of the molecule is COc1cccc(-n2c(C)cc(C(=O)NC3(c4noc(C)n4)CCCC3)c2C)c1. The van der Waals surface area contributed by atoms with Crippen LogP contribution < -0.4 is 10.1 Å². The highest BCUT2D eigenvalue weighted by Crippen LogP contribution is 2.38. The van der Waals surface area contributed by atoms with E-state index < -0.39 is 5.54 Å². The maximum atomic E-state index is 13.3. The Kier molecular flexibility index (Phi) is 4.90. The lowest BCUT2D eigenvalue weighted by Crippen LogP contribution is -2.44. The number of aryl methyl sites for hydroxylation is 2. The Morgan fingerprint density at radius 3 is 2.62 bits per heavy atom. The molecule has 1 aromatic carbocycles. The molecule has 0 atom stereocenters. The summed E-state index contributed by atoms with van der Waals surface area (Å²) in [6, 6.07) is 9.74. The first-order valence-corrected chi connectivity index (χ1v) is 9.90. The summed E-state index contributed by atoms with van der Waals surface area (Å²) in [5, 5.41) is 7.34. The molecule has 7 nitrogen and oxygen atoms in total. The zero-order chi connectivity index (χ0) is 20.6. The van der Waals surface area contributed by atoms with Crippen LogP contribution in [0.25, 0.3) is 5.69 Å². The van der Waals surface area contributed by atoms with Gasteiger partial charge >= 0.3 is 0 Å². The molecule has 0 radical (unpaired) electrons. The van der Waals surface area contributed by atoms with Gasteiger partial charge in [0, 0.05) is 30.1 Å². The molecule has 1 aliphatic carbocycles. The van der Waals surface area contributed by atoms with E-state index in [4.69, 9.17) is 9.26 Å². The first-order valence-electron chi connectivity index (χ1n) is 9.90. The predicted octanol–water partition coefficient (Wildman–Crippen LogP) is 3.99. The largest absolute Gasteiger partial charge is 0.497 e. The highest BCUT2D eigenvalue weighted by molar-refractivity contribution is 5.96. The van der Waals surface area contributed by atoms with E-state index in [1.807, 2.05) is 44.2 Å². The second-order valence-electron chi connectivity index (χ2n) is 7.70. The van der Waals surface area contributed by atoms with Gasteiger partial charge in [0.15, 0.2) is 5.82 Å². The van der Waals surface area contributed by atoms with Gasteiger partial charge in [0.25, 0.3) is 5.91 Å². The van der Waals surface area contributed by atoms with Gasteiger partial charge in [0.2, 0.25) is 5.89 Å². The van der Waals surface area contributed by atoms with Crippen LogP contribution in [0.4, 0.5) is 0 Å². The molecule has 7 heteroatoms. The molecule has 0 bridgehead atoms. The molecule has 2 heterocycles. The van der Waals surface area contributed by atoms with Gasteiger partial charge in [-0.1, -0.05) is 24.1 Å². The molecule has 29 heavy (non-hydrogen) atoms. The Balaban J connectivity index is 1.67. The van der Waals surface area contributed by atoms with E-state index in [0.29, 0.717) is 17.3 Å². The quantitative estimate of drug-likeness (QED) is 0.707. The molecule has 1 aliphatic rings. The Bertz CT molecular complexity index is 1040. The molecule has 152 valence electrons. The molecule has 2 aromatic heterocycles. The number of ether oxygens (including phenoxy) is 1. The second kappa shape index (κ2) is 7.39. The van der Waals surface area contributed by atoms with Crippen LogP contribution in [0.5, 0.6) is 5.75 Å². The first-order chi connectivity index (χ1) is 13.9. The van der Waals surface area contributed by atoms with Crippen molar-refractivity contribution in [3.8, 4) is 11.4 Å². The summed E-state index contributed by atoms with van der Waals surface area (Å²) in [7, 11) is 1.65. The zero-order valence-electron chi connectivity index (χ0n) is 17.3. The number of amides is 1. The summed E-state index contributed by atoms with van der Waals surface area (Å²) in [5.74, 6) is 1.74. The van der Waals surface area contributed by atoms with Crippen molar-refractivity contribution in [3.63, 3.8) is 0 Å². The van der Waals surface area contributed by atoms with Crippen molar-refractivity contribution in [2.24, 2.45) is 0 Å². The maximum absolute atomic E-state index is 13.3. The molecule has 0 unspecified atom stereocenters. The number of methoxy groups -OCH3 is 1. The van der Waals surface area contributed by atoms with E-state index in [0.717, 1.165) is 48.5 Å². The van der Waals surface area contributed by atoms with Crippen LogP contribution >= 0.6 is 0 Å². The predicted molar refractivity (Wildman–Crippen MR) is 108 cm³/mol. The molecule has 0 aliphatic heterocycles. The number of benzene rings is 1. The van der Waals surface area contributed by atoms with Crippen LogP contribution in [-0.2, 0) is 5.54 Å². The third kappa shape index (κ3) is 3.41. The van der Waals surface area contributed by atoms with Crippen molar-refractivity contribution >= 4 is 5.91 Å². The standard InChI is InChI=1S/C22H26N4O3/c1-14-12-19(15(2)26(14)17-8-7-9-18(13-17)28-4)20(27)24-22(10-5-6-11-22)21-23-16(3)29-25-21/h7-9,12-13H,5-6,10-11H2,1-4H3,(H,24,27). The fraction of sp³-hybridized carbons (Fsp3) is 0.409. The minimum Gasteiger partial charge on any atom is -0.497 e. The summed E-state index contributed by atoms with van der Waals surface area (Å²) in [6.45, 7) is 5.72. The van der Waals surface area contributed by atoms with Gasteiger partial charge in [-0.15, -0.1) is 0 Å². The summed E-state index contributed by atoms with van der Waals surface area (Å²) < 4.78 is 12.6. The van der Waals surface area contributed by atoms with E-state index in [9.17, 15) is 4.79 Å². The van der Waals surface area contributed by atoms with E-state index in [1.165, 1.54) is 0 Å². The van der Waals surface area contributed by atoms with Crippen LogP contribution in [0.1, 0.15) is 59.1 Å². The van der Waals surface area contributed by atoms with Crippen molar-refractivity contribution in [2.45, 2.75) is 52.0 Å². The minimum atomic E-state index is -0.562. The van der Waals surface area contributed by atoms with Crippen LogP contribution in [0.3, 0.4) is 0 Å². The molecule has 1 N–H and O–H groups in total. The summed E-state index contributed by atoms with van der Waals surface area (Å²) in [4.78, 5) is 17.7. The van der Waals surface area contributed by atoms with Gasteiger partial charge in [0.05, 0.1) is 12.7 Å². The monoisotopic (exact) mass is 394 g/mol. The highest BCUT2D eigenvalue weighted by Gasteiger charge is 2.41.